The summed E-state index contributed by atoms with van der Waals surface area (Å²) in [6, 6.07) is 18.0. The Labute approximate surface area is 217 Å². The van der Waals surface area contributed by atoms with Crippen molar-refractivity contribution in [2.45, 2.75) is 36.9 Å². The van der Waals surface area contributed by atoms with Crippen LogP contribution in [0.2, 0.25) is 0 Å². The third kappa shape index (κ3) is 5.30. The van der Waals surface area contributed by atoms with Gasteiger partial charge in [0.25, 0.3) is 5.91 Å². The van der Waals surface area contributed by atoms with Gasteiger partial charge in [-0.05, 0) is 60.9 Å². The maximum Gasteiger partial charge on any atom is 0.416 e. The average Bonchev–Trinajstić information content (AvgIpc) is 3.28. The summed E-state index contributed by atoms with van der Waals surface area (Å²) in [6.45, 7) is 1.35. The molecule has 198 valence electrons. The number of hydrogen-bond donors (Lipinski definition) is 1. The Bertz CT molecular complexity index is 1560. The highest BCUT2D eigenvalue weighted by molar-refractivity contribution is 7.89. The summed E-state index contributed by atoms with van der Waals surface area (Å²) in [4.78, 5) is 13.2. The maximum absolute atomic E-state index is 13.0. The number of piperidine rings is 1. The average molecular weight is 543 g/mol. The van der Waals surface area contributed by atoms with Crippen molar-refractivity contribution in [3.05, 3.63) is 89.6 Å². The Morgan fingerprint density at radius 1 is 0.895 bits per heavy atom. The van der Waals surface area contributed by atoms with Crippen molar-refractivity contribution in [1.29, 1.82) is 0 Å². The molecule has 1 aromatic heterocycles. The van der Waals surface area contributed by atoms with E-state index in [2.05, 4.69) is 10.4 Å². The number of aromatic nitrogens is 2. The predicted octanol–water partition coefficient (Wildman–Crippen LogP) is 5.53. The number of sulfonamides is 1. The molecule has 4 aromatic rings. The molecule has 0 spiro atoms. The lowest BCUT2D eigenvalue weighted by Gasteiger charge is -2.25. The smallest absolute Gasteiger partial charge is 0.321 e. The summed E-state index contributed by atoms with van der Waals surface area (Å²) in [5.74, 6) is -0.553. The molecule has 0 aliphatic carbocycles. The maximum atomic E-state index is 13.0. The molecule has 0 saturated carbocycles. The molecular formula is C27H25F3N4O3S. The highest BCUT2D eigenvalue weighted by atomic mass is 32.2. The van der Waals surface area contributed by atoms with E-state index in [0.29, 0.717) is 24.0 Å². The summed E-state index contributed by atoms with van der Waals surface area (Å²) in [6.07, 6.45) is -1.71. The van der Waals surface area contributed by atoms with E-state index in [1.807, 2.05) is 12.1 Å². The number of para-hydroxylation sites is 1. The lowest BCUT2D eigenvalue weighted by atomic mass is 10.1. The number of benzene rings is 3. The van der Waals surface area contributed by atoms with Gasteiger partial charge in [-0.3, -0.25) is 9.48 Å². The van der Waals surface area contributed by atoms with Crippen LogP contribution >= 0.6 is 0 Å². The summed E-state index contributed by atoms with van der Waals surface area (Å²) < 4.78 is 67.5. The molecule has 5 rings (SSSR count). The number of hydrogen-bond acceptors (Lipinski definition) is 4. The van der Waals surface area contributed by atoms with Crippen LogP contribution in [0.5, 0.6) is 0 Å². The summed E-state index contributed by atoms with van der Waals surface area (Å²) in [7, 11) is -3.54. The van der Waals surface area contributed by atoms with Crippen molar-refractivity contribution in [3.63, 3.8) is 0 Å². The Kier molecular flexibility index (Phi) is 6.97. The van der Waals surface area contributed by atoms with Crippen molar-refractivity contribution >= 4 is 32.5 Å². The van der Waals surface area contributed by atoms with Gasteiger partial charge in [-0.25, -0.2) is 8.42 Å². The molecule has 7 nitrogen and oxygen atoms in total. The fourth-order valence-corrected chi connectivity index (χ4v) is 6.06. The molecule has 11 heteroatoms. The van der Waals surface area contributed by atoms with Gasteiger partial charge in [0.1, 0.15) is 0 Å². The van der Waals surface area contributed by atoms with Crippen LogP contribution in [0.3, 0.4) is 0 Å². The zero-order valence-corrected chi connectivity index (χ0v) is 21.1. The van der Waals surface area contributed by atoms with Crippen LogP contribution in [0.15, 0.2) is 77.7 Å². The van der Waals surface area contributed by atoms with E-state index in [-0.39, 0.29) is 22.8 Å². The van der Waals surface area contributed by atoms with Gasteiger partial charge in [-0.15, -0.1) is 0 Å². The van der Waals surface area contributed by atoms with Crippen LogP contribution in [0, 0.1) is 0 Å². The Balaban J connectivity index is 1.36. The van der Waals surface area contributed by atoms with Gasteiger partial charge in [0.05, 0.1) is 22.5 Å². The molecule has 0 unspecified atom stereocenters. The zero-order valence-electron chi connectivity index (χ0n) is 20.3. The third-order valence-corrected chi connectivity index (χ3v) is 8.46. The van der Waals surface area contributed by atoms with Gasteiger partial charge >= 0.3 is 6.18 Å². The van der Waals surface area contributed by atoms with Crippen LogP contribution in [0.1, 0.15) is 40.9 Å². The molecular weight excluding hydrogens is 517 g/mol. The van der Waals surface area contributed by atoms with Crippen LogP contribution in [0.25, 0.3) is 10.9 Å². The number of nitrogens with zero attached hydrogens (tertiary/aromatic N) is 3. The first-order valence-electron chi connectivity index (χ1n) is 12.2. The van der Waals surface area contributed by atoms with Crippen molar-refractivity contribution in [2.75, 3.05) is 18.4 Å². The van der Waals surface area contributed by atoms with Gasteiger partial charge in [-0.1, -0.05) is 36.8 Å². The predicted molar refractivity (Wildman–Crippen MR) is 137 cm³/mol. The van der Waals surface area contributed by atoms with E-state index < -0.39 is 27.7 Å². The van der Waals surface area contributed by atoms with Gasteiger partial charge < -0.3 is 5.32 Å². The lowest BCUT2D eigenvalue weighted by Crippen LogP contribution is -2.35. The van der Waals surface area contributed by atoms with E-state index in [1.165, 1.54) is 16.4 Å². The summed E-state index contributed by atoms with van der Waals surface area (Å²) >= 11 is 0. The number of alkyl halides is 3. The number of nitrogens with one attached hydrogen (secondary N) is 1. The number of halogens is 3. The summed E-state index contributed by atoms with van der Waals surface area (Å²) in [5, 5.41) is 7.67. The quantitative estimate of drug-likeness (QED) is 0.347. The molecule has 1 saturated heterocycles. The topological polar surface area (TPSA) is 84.3 Å². The standard InChI is InChI=1S/C27H25F3N4O3S/c28-27(29,30)20-10-12-21(13-11-20)31-26(35)25-23-6-2-3-7-24(23)34(32-25)18-19-8-14-22(15-9-19)38(36,37)33-16-4-1-5-17-33/h2-3,6-15H,1,4-5,16-18H2,(H,31,35). The SMILES string of the molecule is O=C(Nc1ccc(C(F)(F)F)cc1)c1nn(Cc2ccc(S(=O)(=O)N3CCCCC3)cc2)c2ccccc12. The van der Waals surface area contributed by atoms with E-state index in [1.54, 1.807) is 41.1 Å². The number of rotatable bonds is 6. The number of amides is 1. The zero-order chi connectivity index (χ0) is 26.9. The highest BCUT2D eigenvalue weighted by Crippen LogP contribution is 2.30. The minimum atomic E-state index is -4.46. The molecule has 1 amide bonds. The second-order valence-electron chi connectivity index (χ2n) is 9.16. The molecule has 0 bridgehead atoms. The molecule has 3 aromatic carbocycles. The Morgan fingerprint density at radius 2 is 1.55 bits per heavy atom. The minimum Gasteiger partial charge on any atom is -0.321 e. The fourth-order valence-electron chi connectivity index (χ4n) is 4.54. The second kappa shape index (κ2) is 10.2. The molecule has 1 N–H and O–H groups in total. The van der Waals surface area contributed by atoms with Crippen LogP contribution in [-0.2, 0) is 22.7 Å². The number of anilines is 1. The molecule has 1 fully saturated rings. The fraction of sp³-hybridized carbons (Fsp3) is 0.259. The van der Waals surface area contributed by atoms with E-state index in [9.17, 15) is 26.4 Å². The van der Waals surface area contributed by atoms with E-state index >= 15 is 0 Å². The Morgan fingerprint density at radius 3 is 2.21 bits per heavy atom. The van der Waals surface area contributed by atoms with E-state index in [4.69, 9.17) is 0 Å². The number of carbonyl (C=O) groups excluding carboxylic acids is 1. The summed E-state index contributed by atoms with van der Waals surface area (Å²) in [5.41, 5.74) is 1.03. The van der Waals surface area contributed by atoms with Crippen molar-refractivity contribution in [1.82, 2.24) is 14.1 Å². The first-order valence-corrected chi connectivity index (χ1v) is 13.6. The molecule has 38 heavy (non-hydrogen) atoms. The van der Waals surface area contributed by atoms with E-state index in [0.717, 1.165) is 37.0 Å². The lowest BCUT2D eigenvalue weighted by molar-refractivity contribution is -0.137. The number of fused-ring (bicyclic) bond motifs is 1. The molecule has 0 atom stereocenters. The van der Waals surface area contributed by atoms with Crippen molar-refractivity contribution < 1.29 is 26.4 Å². The van der Waals surface area contributed by atoms with Gasteiger partial charge in [0.15, 0.2) is 5.69 Å². The van der Waals surface area contributed by atoms with Gasteiger partial charge in [0.2, 0.25) is 10.0 Å². The monoisotopic (exact) mass is 542 g/mol. The first kappa shape index (κ1) is 25.9. The molecule has 2 heterocycles. The highest BCUT2D eigenvalue weighted by Gasteiger charge is 2.30. The molecule has 1 aliphatic heterocycles. The minimum absolute atomic E-state index is 0.129. The van der Waals surface area contributed by atoms with Crippen molar-refractivity contribution in [3.8, 4) is 0 Å². The molecule has 1 aliphatic rings. The normalized spacial score (nSPS) is 15.0. The van der Waals surface area contributed by atoms with Crippen LogP contribution in [-0.4, -0.2) is 41.5 Å². The van der Waals surface area contributed by atoms with Crippen LogP contribution < -0.4 is 5.32 Å². The second-order valence-corrected chi connectivity index (χ2v) is 11.1. The largest absolute Gasteiger partial charge is 0.416 e. The first-order chi connectivity index (χ1) is 18.1. The Hall–Kier alpha value is -3.70. The van der Waals surface area contributed by atoms with Crippen molar-refractivity contribution in [2.24, 2.45) is 0 Å². The molecule has 0 radical (unpaired) electrons. The van der Waals surface area contributed by atoms with Gasteiger partial charge in [0, 0.05) is 24.2 Å². The number of carbonyl (C=O) groups is 1. The third-order valence-electron chi connectivity index (χ3n) is 6.55. The van der Waals surface area contributed by atoms with Crippen LogP contribution in [0.4, 0.5) is 18.9 Å². The van der Waals surface area contributed by atoms with Gasteiger partial charge in [-0.2, -0.15) is 22.6 Å².